The van der Waals surface area contributed by atoms with Crippen molar-refractivity contribution in [2.24, 2.45) is 0 Å². The van der Waals surface area contributed by atoms with Crippen LogP contribution < -0.4 is 4.90 Å². The van der Waals surface area contributed by atoms with Crippen molar-refractivity contribution < 1.29 is 14.7 Å². The van der Waals surface area contributed by atoms with E-state index in [1.165, 1.54) is 4.90 Å². The van der Waals surface area contributed by atoms with Gasteiger partial charge >= 0.3 is 0 Å². The second-order valence-electron chi connectivity index (χ2n) is 7.71. The topological polar surface area (TPSA) is 57.6 Å². The first kappa shape index (κ1) is 22.3. The molecule has 0 spiro atoms. The van der Waals surface area contributed by atoms with Gasteiger partial charge in [-0.05, 0) is 66.4 Å². The molecule has 4 nitrogen and oxygen atoms in total. The van der Waals surface area contributed by atoms with Crippen molar-refractivity contribution >= 4 is 50.7 Å². The van der Waals surface area contributed by atoms with E-state index in [1.807, 2.05) is 56.3 Å². The van der Waals surface area contributed by atoms with Crippen molar-refractivity contribution in [3.8, 4) is 0 Å². The number of carbonyl (C=O) groups is 2. The Morgan fingerprint density at radius 2 is 1.78 bits per heavy atom. The van der Waals surface area contributed by atoms with Gasteiger partial charge in [0.2, 0.25) is 0 Å². The van der Waals surface area contributed by atoms with Crippen molar-refractivity contribution in [3.05, 3.63) is 104 Å². The van der Waals surface area contributed by atoms with E-state index in [0.717, 1.165) is 27.6 Å². The van der Waals surface area contributed by atoms with Crippen LogP contribution in [0.4, 0.5) is 5.69 Å². The average Bonchev–Trinajstić information content (AvgIpc) is 3.06. The zero-order valence-corrected chi connectivity index (χ0v) is 19.9. The van der Waals surface area contributed by atoms with Gasteiger partial charge in [-0.25, -0.2) is 0 Å². The van der Waals surface area contributed by atoms with Gasteiger partial charge in [-0.3, -0.25) is 14.5 Å². The Morgan fingerprint density at radius 3 is 2.44 bits per heavy atom. The lowest BCUT2D eigenvalue weighted by atomic mass is 9.93. The Bertz CT molecular complexity index is 1250. The molecule has 1 heterocycles. The van der Waals surface area contributed by atoms with Crippen LogP contribution in [0.5, 0.6) is 0 Å². The van der Waals surface area contributed by atoms with Crippen LogP contribution in [0.1, 0.15) is 35.2 Å². The molecule has 162 valence electrons. The number of halogens is 2. The maximum atomic E-state index is 13.2. The van der Waals surface area contributed by atoms with Crippen LogP contribution in [0.15, 0.2) is 76.8 Å². The largest absolute Gasteiger partial charge is 0.507 e. The van der Waals surface area contributed by atoms with E-state index in [9.17, 15) is 14.7 Å². The first-order valence-electron chi connectivity index (χ1n) is 10.2. The standard InChI is InChI=1S/C26H21BrClNO3/c1-3-16-5-4-6-18(13-16)23-22(24(30)17-8-10-19(28)11-9-17)25(31)26(32)29(23)20-12-7-15(2)21(27)14-20/h4-14,23,30H,3H2,1-2H3/b24-22+. The predicted molar refractivity (Wildman–Crippen MR) is 131 cm³/mol. The SMILES string of the molecule is CCc1cccc(C2/C(=C(\O)c3ccc(Cl)cc3)C(=O)C(=O)N2c2ccc(C)c(Br)c2)c1. The van der Waals surface area contributed by atoms with Crippen molar-refractivity contribution in [2.45, 2.75) is 26.3 Å². The molecule has 1 saturated heterocycles. The van der Waals surface area contributed by atoms with Crippen LogP contribution >= 0.6 is 27.5 Å². The Kier molecular flexibility index (Phi) is 6.22. The summed E-state index contributed by atoms with van der Waals surface area (Å²) in [5, 5.41) is 11.7. The van der Waals surface area contributed by atoms with Gasteiger partial charge in [0.25, 0.3) is 11.7 Å². The number of Topliss-reactive ketones (excluding diaryl/α,β-unsaturated/α-hetero) is 1. The minimum atomic E-state index is -0.758. The van der Waals surface area contributed by atoms with Gasteiger partial charge in [0.05, 0.1) is 11.6 Å². The number of amides is 1. The number of aryl methyl sites for hydroxylation is 2. The molecule has 3 aromatic carbocycles. The third-order valence-corrected chi connectivity index (χ3v) is 6.78. The molecule has 3 aromatic rings. The number of aliphatic hydroxyl groups is 1. The minimum absolute atomic E-state index is 0.0577. The van der Waals surface area contributed by atoms with Crippen LogP contribution in [0, 0.1) is 6.92 Å². The van der Waals surface area contributed by atoms with Crippen molar-refractivity contribution in [1.82, 2.24) is 0 Å². The monoisotopic (exact) mass is 509 g/mol. The van der Waals surface area contributed by atoms with Gasteiger partial charge in [0.1, 0.15) is 5.76 Å². The Balaban J connectivity index is 1.96. The number of rotatable bonds is 4. The highest BCUT2D eigenvalue weighted by molar-refractivity contribution is 9.10. The summed E-state index contributed by atoms with van der Waals surface area (Å²) in [7, 11) is 0. The van der Waals surface area contributed by atoms with Gasteiger partial charge in [0.15, 0.2) is 0 Å². The highest BCUT2D eigenvalue weighted by Crippen LogP contribution is 2.43. The molecule has 0 saturated carbocycles. The molecular formula is C26H21BrClNO3. The normalized spacial score (nSPS) is 17.8. The van der Waals surface area contributed by atoms with E-state index in [1.54, 1.807) is 24.3 Å². The lowest BCUT2D eigenvalue weighted by molar-refractivity contribution is -0.132. The highest BCUT2D eigenvalue weighted by Gasteiger charge is 2.47. The van der Waals surface area contributed by atoms with E-state index in [0.29, 0.717) is 16.3 Å². The third kappa shape index (κ3) is 3.98. The van der Waals surface area contributed by atoms with Crippen molar-refractivity contribution in [2.75, 3.05) is 4.90 Å². The number of benzene rings is 3. The molecule has 32 heavy (non-hydrogen) atoms. The summed E-state index contributed by atoms with van der Waals surface area (Å²) in [5.74, 6) is -1.62. The molecule has 4 rings (SSSR count). The minimum Gasteiger partial charge on any atom is -0.507 e. The van der Waals surface area contributed by atoms with Gasteiger partial charge in [-0.15, -0.1) is 0 Å². The molecule has 0 aromatic heterocycles. The summed E-state index contributed by atoms with van der Waals surface area (Å²) in [6.45, 7) is 3.99. The summed E-state index contributed by atoms with van der Waals surface area (Å²) < 4.78 is 0.829. The first-order chi connectivity index (χ1) is 15.3. The summed E-state index contributed by atoms with van der Waals surface area (Å²) in [6.07, 6.45) is 0.806. The predicted octanol–water partition coefficient (Wildman–Crippen LogP) is 6.60. The summed E-state index contributed by atoms with van der Waals surface area (Å²) in [4.78, 5) is 27.9. The molecule has 1 fully saturated rings. The van der Waals surface area contributed by atoms with Crippen molar-refractivity contribution in [1.29, 1.82) is 0 Å². The summed E-state index contributed by atoms with van der Waals surface area (Å²) in [6, 6.07) is 19.0. The van der Waals surface area contributed by atoms with Crippen molar-refractivity contribution in [3.63, 3.8) is 0 Å². The van der Waals surface area contributed by atoms with Crippen LogP contribution in [-0.4, -0.2) is 16.8 Å². The second kappa shape index (κ2) is 8.93. The molecule has 1 aliphatic rings. The maximum absolute atomic E-state index is 13.2. The zero-order chi connectivity index (χ0) is 23.0. The molecule has 1 aliphatic heterocycles. The Morgan fingerprint density at radius 1 is 1.06 bits per heavy atom. The van der Waals surface area contributed by atoms with Gasteiger partial charge < -0.3 is 5.11 Å². The van der Waals surface area contributed by atoms with Crippen LogP contribution in [-0.2, 0) is 16.0 Å². The molecule has 1 amide bonds. The number of aliphatic hydroxyl groups excluding tert-OH is 1. The van der Waals surface area contributed by atoms with Gasteiger partial charge in [0, 0.05) is 20.7 Å². The van der Waals surface area contributed by atoms with Crippen LogP contribution in [0.2, 0.25) is 5.02 Å². The number of anilines is 1. The number of hydrogen-bond donors (Lipinski definition) is 1. The van der Waals surface area contributed by atoms with Gasteiger partial charge in [-0.2, -0.15) is 0 Å². The van der Waals surface area contributed by atoms with Crippen LogP contribution in [0.3, 0.4) is 0 Å². The summed E-state index contributed by atoms with van der Waals surface area (Å²) in [5.41, 5.74) is 3.90. The fourth-order valence-corrected chi connectivity index (χ4v) is 4.38. The number of ketones is 1. The molecule has 0 bridgehead atoms. The van der Waals surface area contributed by atoms with E-state index in [-0.39, 0.29) is 11.3 Å². The quantitative estimate of drug-likeness (QED) is 0.244. The average molecular weight is 511 g/mol. The molecule has 1 atom stereocenters. The Hall–Kier alpha value is -2.89. The zero-order valence-electron chi connectivity index (χ0n) is 17.6. The molecule has 0 radical (unpaired) electrons. The third-order valence-electron chi connectivity index (χ3n) is 5.67. The number of nitrogens with zero attached hydrogens (tertiary/aromatic N) is 1. The van der Waals surface area contributed by atoms with E-state index in [4.69, 9.17) is 11.6 Å². The highest BCUT2D eigenvalue weighted by atomic mass is 79.9. The molecule has 0 aliphatic carbocycles. The second-order valence-corrected chi connectivity index (χ2v) is 9.00. The Labute approximate surface area is 200 Å². The lowest BCUT2D eigenvalue weighted by Crippen LogP contribution is -2.29. The number of hydrogen-bond acceptors (Lipinski definition) is 3. The fourth-order valence-electron chi connectivity index (χ4n) is 3.89. The van der Waals surface area contributed by atoms with Gasteiger partial charge in [-0.1, -0.05) is 64.8 Å². The smallest absolute Gasteiger partial charge is 0.300 e. The maximum Gasteiger partial charge on any atom is 0.300 e. The molecular weight excluding hydrogens is 490 g/mol. The molecule has 1 N–H and O–H groups in total. The number of carbonyl (C=O) groups excluding carboxylic acids is 2. The molecule has 6 heteroatoms. The summed E-state index contributed by atoms with van der Waals surface area (Å²) >= 11 is 9.50. The first-order valence-corrected chi connectivity index (χ1v) is 11.4. The lowest BCUT2D eigenvalue weighted by Gasteiger charge is -2.26. The fraction of sp³-hybridized carbons (Fsp3) is 0.154. The van der Waals surface area contributed by atoms with E-state index in [2.05, 4.69) is 15.9 Å². The van der Waals surface area contributed by atoms with E-state index >= 15 is 0 Å². The van der Waals surface area contributed by atoms with Crippen LogP contribution in [0.25, 0.3) is 5.76 Å². The molecule has 1 unspecified atom stereocenters. The van der Waals surface area contributed by atoms with E-state index < -0.39 is 17.7 Å².